The Morgan fingerprint density at radius 1 is 1.48 bits per heavy atom. The fraction of sp³-hybridized carbons (Fsp3) is 0.615. The van der Waals surface area contributed by atoms with Crippen LogP contribution in [0.25, 0.3) is 4.96 Å². The average molecular weight is 328 g/mol. The third-order valence-electron chi connectivity index (χ3n) is 3.71. The summed E-state index contributed by atoms with van der Waals surface area (Å²) in [4.78, 5) is 5.05. The van der Waals surface area contributed by atoms with Gasteiger partial charge >= 0.3 is 0 Å². The van der Waals surface area contributed by atoms with Crippen LogP contribution in [0.2, 0.25) is 0 Å². The minimum atomic E-state index is -3.56. The second-order valence-corrected chi connectivity index (χ2v) is 7.87. The molecule has 8 heteroatoms. The number of fused-ring (bicyclic) bond motifs is 1. The predicted octanol–water partition coefficient (Wildman–Crippen LogP) is 2.29. The van der Waals surface area contributed by atoms with Gasteiger partial charge in [-0.25, -0.2) is 18.1 Å². The van der Waals surface area contributed by atoms with E-state index in [1.165, 1.54) is 11.3 Å². The van der Waals surface area contributed by atoms with Gasteiger partial charge in [0, 0.05) is 24.2 Å². The number of sulfonamides is 1. The third-order valence-corrected chi connectivity index (χ3v) is 5.97. The number of hydrogen-bond acceptors (Lipinski definition) is 5. The monoisotopic (exact) mass is 328 g/mol. The van der Waals surface area contributed by atoms with E-state index < -0.39 is 10.0 Å². The summed E-state index contributed by atoms with van der Waals surface area (Å²) in [7, 11) is -3.56. The van der Waals surface area contributed by atoms with Crippen LogP contribution in [0.3, 0.4) is 0 Å². The summed E-state index contributed by atoms with van der Waals surface area (Å²) in [6, 6.07) is 0.0774. The van der Waals surface area contributed by atoms with Gasteiger partial charge in [0.2, 0.25) is 0 Å². The molecule has 2 aromatic heterocycles. The number of anilines is 1. The smallest absolute Gasteiger partial charge is 0.260 e. The topological polar surface area (TPSA) is 75.5 Å². The summed E-state index contributed by atoms with van der Waals surface area (Å²) in [6.45, 7) is 4.68. The fourth-order valence-corrected chi connectivity index (χ4v) is 4.99. The second kappa shape index (κ2) is 5.58. The zero-order valence-corrected chi connectivity index (χ0v) is 13.8. The molecule has 1 aliphatic rings. The lowest BCUT2D eigenvalue weighted by atomic mass is 10.2. The van der Waals surface area contributed by atoms with E-state index in [0.29, 0.717) is 23.2 Å². The Morgan fingerprint density at radius 2 is 2.29 bits per heavy atom. The van der Waals surface area contributed by atoms with Crippen LogP contribution in [0.4, 0.5) is 5.82 Å². The number of aromatic nitrogens is 2. The standard InChI is InChI=1S/C13H20N4O2S2/c1-3-5-9-8-10(9)16-21(18,19)12-11(14-4-2)15-13-17(12)6-7-20-13/h6-7,9-10,14,16H,3-5,8H2,1-2H3. The Kier molecular flexibility index (Phi) is 3.94. The van der Waals surface area contributed by atoms with Crippen molar-refractivity contribution in [3.63, 3.8) is 0 Å². The molecule has 21 heavy (non-hydrogen) atoms. The van der Waals surface area contributed by atoms with Gasteiger partial charge < -0.3 is 5.32 Å². The van der Waals surface area contributed by atoms with Crippen LogP contribution in [0, 0.1) is 5.92 Å². The predicted molar refractivity (Wildman–Crippen MR) is 84.4 cm³/mol. The summed E-state index contributed by atoms with van der Waals surface area (Å²) in [5, 5.41) is 5.11. The van der Waals surface area contributed by atoms with Crippen molar-refractivity contribution in [2.24, 2.45) is 5.92 Å². The third kappa shape index (κ3) is 2.79. The highest BCUT2D eigenvalue weighted by atomic mass is 32.2. The lowest BCUT2D eigenvalue weighted by Crippen LogP contribution is -2.28. The van der Waals surface area contributed by atoms with Gasteiger partial charge in [0.1, 0.15) is 0 Å². The summed E-state index contributed by atoms with van der Waals surface area (Å²) in [5.74, 6) is 0.919. The Balaban J connectivity index is 1.90. The van der Waals surface area contributed by atoms with Crippen LogP contribution in [-0.2, 0) is 10.0 Å². The minimum absolute atomic E-state index is 0.0774. The van der Waals surface area contributed by atoms with Gasteiger partial charge in [-0.1, -0.05) is 13.3 Å². The molecule has 2 aromatic rings. The lowest BCUT2D eigenvalue weighted by Gasteiger charge is -2.08. The Bertz CT molecular complexity index is 735. The van der Waals surface area contributed by atoms with Crippen LogP contribution in [0.5, 0.6) is 0 Å². The Labute approximate surface area is 128 Å². The van der Waals surface area contributed by atoms with E-state index in [2.05, 4.69) is 21.9 Å². The van der Waals surface area contributed by atoms with Crippen LogP contribution in [-0.4, -0.2) is 30.4 Å². The van der Waals surface area contributed by atoms with Gasteiger partial charge in [-0.05, 0) is 25.7 Å². The molecule has 0 bridgehead atoms. The number of nitrogens with one attached hydrogen (secondary N) is 2. The van der Waals surface area contributed by atoms with Crippen molar-refractivity contribution in [3.8, 4) is 0 Å². The van der Waals surface area contributed by atoms with Crippen LogP contribution < -0.4 is 10.0 Å². The molecule has 2 unspecified atom stereocenters. The molecule has 1 fully saturated rings. The van der Waals surface area contributed by atoms with Gasteiger partial charge in [0.15, 0.2) is 15.8 Å². The normalized spacial score (nSPS) is 21.8. The zero-order valence-electron chi connectivity index (χ0n) is 12.2. The first-order valence-electron chi connectivity index (χ1n) is 7.28. The van der Waals surface area contributed by atoms with Crippen molar-refractivity contribution in [1.82, 2.24) is 14.1 Å². The van der Waals surface area contributed by atoms with E-state index in [9.17, 15) is 8.42 Å². The molecule has 3 rings (SSSR count). The Morgan fingerprint density at radius 3 is 3.00 bits per heavy atom. The van der Waals surface area contributed by atoms with Gasteiger partial charge in [-0.15, -0.1) is 11.3 Å². The molecule has 1 saturated carbocycles. The van der Waals surface area contributed by atoms with Gasteiger partial charge in [0.05, 0.1) is 0 Å². The maximum atomic E-state index is 12.7. The van der Waals surface area contributed by atoms with Crippen molar-refractivity contribution in [3.05, 3.63) is 11.6 Å². The largest absolute Gasteiger partial charge is 0.368 e. The highest BCUT2D eigenvalue weighted by Gasteiger charge is 2.40. The molecule has 2 atom stereocenters. The molecule has 0 spiro atoms. The number of thiazole rings is 1. The van der Waals surface area contributed by atoms with Gasteiger partial charge in [0.25, 0.3) is 10.0 Å². The lowest BCUT2D eigenvalue weighted by molar-refractivity contribution is 0.569. The van der Waals surface area contributed by atoms with Crippen LogP contribution >= 0.6 is 11.3 Å². The number of nitrogens with zero attached hydrogens (tertiary/aromatic N) is 2. The molecule has 2 N–H and O–H groups in total. The zero-order chi connectivity index (χ0) is 15.0. The van der Waals surface area contributed by atoms with Gasteiger partial charge in [-0.2, -0.15) is 0 Å². The van der Waals surface area contributed by atoms with E-state index in [-0.39, 0.29) is 11.1 Å². The quantitative estimate of drug-likeness (QED) is 0.818. The summed E-state index contributed by atoms with van der Waals surface area (Å²) >= 11 is 1.43. The molecule has 0 amide bonds. The molecule has 116 valence electrons. The molecule has 2 heterocycles. The summed E-state index contributed by atoms with van der Waals surface area (Å²) in [5.41, 5.74) is 0. The Hall–Kier alpha value is -1.12. The number of hydrogen-bond donors (Lipinski definition) is 2. The van der Waals surface area contributed by atoms with Crippen molar-refractivity contribution in [1.29, 1.82) is 0 Å². The first-order valence-corrected chi connectivity index (χ1v) is 9.64. The first kappa shape index (κ1) is 14.8. The van der Waals surface area contributed by atoms with Crippen molar-refractivity contribution in [2.45, 2.75) is 44.2 Å². The van der Waals surface area contributed by atoms with E-state index in [4.69, 9.17) is 0 Å². The molecule has 6 nitrogen and oxygen atoms in total. The maximum absolute atomic E-state index is 12.7. The van der Waals surface area contributed by atoms with Crippen molar-refractivity contribution < 1.29 is 8.42 Å². The number of imidazole rings is 1. The molecule has 0 radical (unpaired) electrons. The molecular weight excluding hydrogens is 308 g/mol. The highest BCUT2D eigenvalue weighted by molar-refractivity contribution is 7.89. The van der Waals surface area contributed by atoms with Gasteiger partial charge in [-0.3, -0.25) is 4.40 Å². The fourth-order valence-electron chi connectivity index (χ4n) is 2.64. The molecular formula is C13H20N4O2S2. The van der Waals surface area contributed by atoms with Crippen molar-refractivity contribution in [2.75, 3.05) is 11.9 Å². The minimum Gasteiger partial charge on any atom is -0.368 e. The van der Waals surface area contributed by atoms with Crippen molar-refractivity contribution >= 4 is 32.1 Å². The number of rotatable bonds is 7. The van der Waals surface area contributed by atoms with E-state index >= 15 is 0 Å². The molecule has 1 aliphatic carbocycles. The molecule has 0 aromatic carbocycles. The van der Waals surface area contributed by atoms with E-state index in [1.54, 1.807) is 10.6 Å². The maximum Gasteiger partial charge on any atom is 0.260 e. The van der Waals surface area contributed by atoms with E-state index in [1.807, 2.05) is 12.3 Å². The first-order chi connectivity index (χ1) is 10.1. The average Bonchev–Trinajstić information content (AvgIpc) is 2.84. The SMILES string of the molecule is CCCC1CC1NS(=O)(=O)c1c(NCC)nc2sccn12. The highest BCUT2D eigenvalue weighted by Crippen LogP contribution is 2.36. The molecule has 0 aliphatic heterocycles. The van der Waals surface area contributed by atoms with Crippen LogP contribution in [0.15, 0.2) is 16.6 Å². The second-order valence-electron chi connectivity index (χ2n) is 5.36. The summed E-state index contributed by atoms with van der Waals surface area (Å²) < 4.78 is 29.9. The van der Waals surface area contributed by atoms with E-state index in [0.717, 1.165) is 19.3 Å². The molecule has 0 saturated heterocycles. The van der Waals surface area contributed by atoms with Crippen LogP contribution in [0.1, 0.15) is 33.1 Å². The summed E-state index contributed by atoms with van der Waals surface area (Å²) in [6.07, 6.45) is 4.86.